The highest BCUT2D eigenvalue weighted by Crippen LogP contribution is 2.32. The maximum atomic E-state index is 9.92. The lowest BCUT2D eigenvalue weighted by atomic mass is 9.89. The van der Waals surface area contributed by atoms with Gasteiger partial charge in [0, 0.05) is 31.2 Å². The maximum absolute atomic E-state index is 9.92. The van der Waals surface area contributed by atoms with E-state index in [4.69, 9.17) is 0 Å². The fraction of sp³-hybridized carbons (Fsp3) is 1.00. The molecule has 18 heavy (non-hydrogen) atoms. The van der Waals surface area contributed by atoms with Crippen molar-refractivity contribution < 1.29 is 5.11 Å². The third-order valence-corrected chi connectivity index (χ3v) is 5.08. The van der Waals surface area contributed by atoms with Crippen molar-refractivity contribution in [2.75, 3.05) is 13.1 Å². The molecule has 0 aromatic heterocycles. The Bertz CT molecular complexity index is 259. The van der Waals surface area contributed by atoms with Crippen molar-refractivity contribution in [2.24, 2.45) is 5.92 Å². The first kappa shape index (κ1) is 12.9. The number of piperidine rings is 1. The molecule has 0 amide bonds. The van der Waals surface area contributed by atoms with E-state index in [0.29, 0.717) is 12.0 Å². The highest BCUT2D eigenvalue weighted by atomic mass is 16.3. The number of nitrogens with one attached hydrogen (secondary N) is 1. The fourth-order valence-electron chi connectivity index (χ4n) is 3.81. The van der Waals surface area contributed by atoms with E-state index in [1.807, 2.05) is 6.92 Å². The van der Waals surface area contributed by atoms with E-state index in [-0.39, 0.29) is 6.10 Å². The highest BCUT2D eigenvalue weighted by Gasteiger charge is 2.37. The van der Waals surface area contributed by atoms with Gasteiger partial charge in [-0.05, 0) is 44.9 Å². The average Bonchev–Trinajstić information content (AvgIpc) is 3.09. The fourth-order valence-corrected chi connectivity index (χ4v) is 3.81. The summed E-state index contributed by atoms with van der Waals surface area (Å²) < 4.78 is 0. The topological polar surface area (TPSA) is 35.5 Å². The predicted molar refractivity (Wildman–Crippen MR) is 73.6 cm³/mol. The molecule has 1 heterocycles. The van der Waals surface area contributed by atoms with Crippen molar-refractivity contribution in [3.05, 3.63) is 0 Å². The van der Waals surface area contributed by atoms with Gasteiger partial charge in [-0.25, -0.2) is 0 Å². The SMILES string of the molecule is CC(O)C1CC(NC2CCCC2)CN(C2CC2)C1. The van der Waals surface area contributed by atoms with E-state index >= 15 is 0 Å². The minimum atomic E-state index is -0.153. The number of hydrogen-bond donors (Lipinski definition) is 2. The maximum Gasteiger partial charge on any atom is 0.0553 e. The zero-order valence-corrected chi connectivity index (χ0v) is 11.6. The van der Waals surface area contributed by atoms with Crippen LogP contribution in [0.2, 0.25) is 0 Å². The predicted octanol–water partition coefficient (Wildman–Crippen LogP) is 1.75. The van der Waals surface area contributed by atoms with Crippen molar-refractivity contribution >= 4 is 0 Å². The molecule has 1 aliphatic heterocycles. The lowest BCUT2D eigenvalue weighted by Crippen LogP contribution is -2.53. The smallest absolute Gasteiger partial charge is 0.0553 e. The van der Waals surface area contributed by atoms with Gasteiger partial charge in [0.05, 0.1) is 6.10 Å². The molecule has 3 aliphatic rings. The molecule has 0 aromatic rings. The van der Waals surface area contributed by atoms with Crippen molar-refractivity contribution in [3.8, 4) is 0 Å². The molecule has 0 aromatic carbocycles. The summed E-state index contributed by atoms with van der Waals surface area (Å²) in [6.07, 6.45) is 9.29. The van der Waals surface area contributed by atoms with Crippen LogP contribution in [-0.4, -0.2) is 47.3 Å². The Labute approximate surface area is 111 Å². The van der Waals surface area contributed by atoms with Gasteiger partial charge in [-0.1, -0.05) is 12.8 Å². The molecule has 3 heteroatoms. The Hall–Kier alpha value is -0.120. The van der Waals surface area contributed by atoms with Gasteiger partial charge in [-0.15, -0.1) is 0 Å². The molecule has 3 unspecified atom stereocenters. The molecule has 0 spiro atoms. The minimum absolute atomic E-state index is 0.153. The van der Waals surface area contributed by atoms with Crippen LogP contribution in [0.1, 0.15) is 51.9 Å². The summed E-state index contributed by atoms with van der Waals surface area (Å²) in [7, 11) is 0. The second-order valence-corrected chi connectivity index (χ2v) is 6.77. The van der Waals surface area contributed by atoms with Gasteiger partial charge in [0.1, 0.15) is 0 Å². The van der Waals surface area contributed by atoms with Gasteiger partial charge >= 0.3 is 0 Å². The molecule has 2 aliphatic carbocycles. The Kier molecular flexibility index (Phi) is 3.92. The van der Waals surface area contributed by atoms with Crippen LogP contribution in [0.15, 0.2) is 0 Å². The number of likely N-dealkylation sites (tertiary alicyclic amines) is 1. The molecule has 1 saturated heterocycles. The molecular formula is C15H28N2O. The highest BCUT2D eigenvalue weighted by molar-refractivity contribution is 4.94. The van der Waals surface area contributed by atoms with Crippen LogP contribution in [0.3, 0.4) is 0 Å². The van der Waals surface area contributed by atoms with Crippen molar-refractivity contribution in [3.63, 3.8) is 0 Å². The van der Waals surface area contributed by atoms with Gasteiger partial charge in [0.25, 0.3) is 0 Å². The summed E-state index contributed by atoms with van der Waals surface area (Å²) >= 11 is 0. The third kappa shape index (κ3) is 3.06. The van der Waals surface area contributed by atoms with Gasteiger partial charge in [0.2, 0.25) is 0 Å². The summed E-state index contributed by atoms with van der Waals surface area (Å²) in [5.41, 5.74) is 0. The molecule has 2 saturated carbocycles. The first-order chi connectivity index (χ1) is 8.72. The third-order valence-electron chi connectivity index (χ3n) is 5.08. The Morgan fingerprint density at radius 2 is 1.78 bits per heavy atom. The second kappa shape index (κ2) is 5.48. The van der Waals surface area contributed by atoms with E-state index in [1.54, 1.807) is 0 Å². The first-order valence-electron chi connectivity index (χ1n) is 7.90. The van der Waals surface area contributed by atoms with Crippen molar-refractivity contribution in [2.45, 2.75) is 76.1 Å². The Morgan fingerprint density at radius 3 is 2.39 bits per heavy atom. The summed E-state index contributed by atoms with van der Waals surface area (Å²) in [4.78, 5) is 2.63. The number of rotatable bonds is 4. The minimum Gasteiger partial charge on any atom is -0.393 e. The van der Waals surface area contributed by atoms with Gasteiger partial charge in [-0.2, -0.15) is 0 Å². The van der Waals surface area contributed by atoms with Crippen LogP contribution < -0.4 is 5.32 Å². The van der Waals surface area contributed by atoms with Gasteiger partial charge < -0.3 is 10.4 Å². The van der Waals surface area contributed by atoms with Crippen LogP contribution in [0.25, 0.3) is 0 Å². The molecule has 3 nitrogen and oxygen atoms in total. The lowest BCUT2D eigenvalue weighted by molar-refractivity contribution is 0.0425. The van der Waals surface area contributed by atoms with Crippen molar-refractivity contribution in [1.29, 1.82) is 0 Å². The zero-order chi connectivity index (χ0) is 12.5. The molecule has 0 bridgehead atoms. The summed E-state index contributed by atoms with van der Waals surface area (Å²) in [5, 5.41) is 13.8. The standard InChI is InChI=1S/C15H28N2O/c1-11(18)12-8-14(16-13-4-2-3-5-13)10-17(9-12)15-6-7-15/h11-16,18H,2-10H2,1H3. The summed E-state index contributed by atoms with van der Waals surface area (Å²) in [6, 6.07) is 2.20. The monoisotopic (exact) mass is 252 g/mol. The normalized spacial score (nSPS) is 37.0. The zero-order valence-electron chi connectivity index (χ0n) is 11.6. The molecular weight excluding hydrogens is 224 g/mol. The number of aliphatic hydroxyl groups is 1. The van der Waals surface area contributed by atoms with Gasteiger partial charge in [-0.3, -0.25) is 4.90 Å². The quantitative estimate of drug-likeness (QED) is 0.800. The number of hydrogen-bond acceptors (Lipinski definition) is 3. The molecule has 3 atom stereocenters. The Morgan fingerprint density at radius 1 is 1.06 bits per heavy atom. The summed E-state index contributed by atoms with van der Waals surface area (Å²) in [6.45, 7) is 4.29. The lowest BCUT2D eigenvalue weighted by Gasteiger charge is -2.40. The van der Waals surface area contributed by atoms with Crippen LogP contribution in [0.5, 0.6) is 0 Å². The Balaban J connectivity index is 1.57. The van der Waals surface area contributed by atoms with Crippen LogP contribution in [0, 0.1) is 5.92 Å². The van der Waals surface area contributed by atoms with Crippen molar-refractivity contribution in [1.82, 2.24) is 10.2 Å². The molecule has 3 fully saturated rings. The van der Waals surface area contributed by atoms with Crippen LogP contribution in [0.4, 0.5) is 0 Å². The van der Waals surface area contributed by atoms with E-state index in [1.165, 1.54) is 45.1 Å². The molecule has 3 rings (SSSR count). The second-order valence-electron chi connectivity index (χ2n) is 6.77. The van der Waals surface area contributed by atoms with Crippen LogP contribution >= 0.6 is 0 Å². The molecule has 0 radical (unpaired) electrons. The number of nitrogens with zero attached hydrogens (tertiary/aromatic N) is 1. The molecule has 2 N–H and O–H groups in total. The number of aliphatic hydroxyl groups excluding tert-OH is 1. The average molecular weight is 252 g/mol. The largest absolute Gasteiger partial charge is 0.393 e. The van der Waals surface area contributed by atoms with E-state index in [9.17, 15) is 5.11 Å². The van der Waals surface area contributed by atoms with E-state index in [2.05, 4.69) is 10.2 Å². The summed E-state index contributed by atoms with van der Waals surface area (Å²) in [5.74, 6) is 0.471. The van der Waals surface area contributed by atoms with E-state index < -0.39 is 0 Å². The van der Waals surface area contributed by atoms with Gasteiger partial charge in [0.15, 0.2) is 0 Å². The van der Waals surface area contributed by atoms with E-state index in [0.717, 1.165) is 25.0 Å². The molecule has 104 valence electrons. The van der Waals surface area contributed by atoms with Crippen LogP contribution in [-0.2, 0) is 0 Å². The first-order valence-corrected chi connectivity index (χ1v) is 7.90.